The van der Waals surface area contributed by atoms with Crippen LogP contribution in [0.1, 0.15) is 30.4 Å². The van der Waals surface area contributed by atoms with E-state index < -0.39 is 10.0 Å². The molecule has 0 saturated heterocycles. The topological polar surface area (TPSA) is 81.5 Å². The maximum absolute atomic E-state index is 13.2. The van der Waals surface area contributed by atoms with Crippen LogP contribution in [-0.4, -0.2) is 42.0 Å². The van der Waals surface area contributed by atoms with Crippen LogP contribution >= 0.6 is 12.4 Å². The molecule has 7 nitrogen and oxygen atoms in total. The van der Waals surface area contributed by atoms with Gasteiger partial charge in [0.15, 0.2) is 0 Å². The van der Waals surface area contributed by atoms with E-state index in [4.69, 9.17) is 4.74 Å². The molecule has 0 radical (unpaired) electrons. The van der Waals surface area contributed by atoms with E-state index >= 15 is 0 Å². The fraction of sp³-hybridized carbons (Fsp3) is 0.310. The van der Waals surface area contributed by atoms with E-state index in [0.717, 1.165) is 47.0 Å². The van der Waals surface area contributed by atoms with Gasteiger partial charge >= 0.3 is 0 Å². The Balaban J connectivity index is 0.00000400. The van der Waals surface area contributed by atoms with Gasteiger partial charge in [0.2, 0.25) is 10.0 Å². The molecule has 0 spiro atoms. The molecule has 0 aliphatic rings. The Hall–Kier alpha value is -3.20. The van der Waals surface area contributed by atoms with Crippen molar-refractivity contribution in [2.24, 2.45) is 7.05 Å². The molecule has 38 heavy (non-hydrogen) atoms. The lowest BCUT2D eigenvalue weighted by Gasteiger charge is -2.22. The van der Waals surface area contributed by atoms with E-state index in [2.05, 4.69) is 4.98 Å². The van der Waals surface area contributed by atoms with Crippen molar-refractivity contribution < 1.29 is 13.2 Å². The molecule has 2 heterocycles. The summed E-state index contributed by atoms with van der Waals surface area (Å²) in [6, 6.07) is 22.2. The molecule has 0 aliphatic heterocycles. The van der Waals surface area contributed by atoms with Crippen LogP contribution in [-0.2, 0) is 29.2 Å². The van der Waals surface area contributed by atoms with Crippen LogP contribution in [0.25, 0.3) is 10.9 Å². The highest BCUT2D eigenvalue weighted by Crippen LogP contribution is 2.20. The Kier molecular flexibility index (Phi) is 10.9. The number of fused-ring (bicyclic) bond motifs is 1. The molecule has 0 saturated carbocycles. The number of ether oxygens (including phenoxy) is 1. The quantitative estimate of drug-likeness (QED) is 0.217. The molecule has 0 atom stereocenters. The predicted molar refractivity (Wildman–Crippen MR) is 154 cm³/mol. The van der Waals surface area contributed by atoms with Crippen molar-refractivity contribution in [3.05, 3.63) is 107 Å². The molecule has 9 heteroatoms. The molecule has 0 aliphatic carbocycles. The Morgan fingerprint density at radius 2 is 1.68 bits per heavy atom. The molecular weight excluding hydrogens is 522 g/mol. The van der Waals surface area contributed by atoms with Gasteiger partial charge < -0.3 is 9.30 Å². The van der Waals surface area contributed by atoms with Crippen LogP contribution in [0.2, 0.25) is 0 Å². The first-order valence-electron chi connectivity index (χ1n) is 12.6. The van der Waals surface area contributed by atoms with Gasteiger partial charge in [0, 0.05) is 44.0 Å². The second-order valence-electron chi connectivity index (χ2n) is 9.11. The van der Waals surface area contributed by atoms with Gasteiger partial charge in [-0.05, 0) is 67.1 Å². The molecular formula is C29H34ClN3O4S. The number of halogens is 1. The molecule has 2 aromatic heterocycles. The van der Waals surface area contributed by atoms with Gasteiger partial charge in [-0.3, -0.25) is 9.78 Å². The largest absolute Gasteiger partial charge is 0.494 e. The molecule has 0 bridgehead atoms. The van der Waals surface area contributed by atoms with Crippen molar-refractivity contribution in [3.8, 4) is 5.75 Å². The van der Waals surface area contributed by atoms with Crippen molar-refractivity contribution in [2.45, 2.75) is 31.4 Å². The summed E-state index contributed by atoms with van der Waals surface area (Å²) in [5.74, 6) is 0.757. The van der Waals surface area contributed by atoms with Gasteiger partial charge in [-0.15, -0.1) is 12.4 Å². The number of pyridine rings is 2. The Morgan fingerprint density at radius 1 is 0.895 bits per heavy atom. The van der Waals surface area contributed by atoms with Crippen molar-refractivity contribution in [1.82, 2.24) is 13.9 Å². The molecule has 4 rings (SSSR count). The summed E-state index contributed by atoms with van der Waals surface area (Å²) < 4.78 is 35.6. The van der Waals surface area contributed by atoms with E-state index in [9.17, 15) is 13.2 Å². The summed E-state index contributed by atoms with van der Waals surface area (Å²) in [6.07, 6.45) is 6.55. The molecule has 0 amide bonds. The number of aromatic nitrogens is 2. The lowest BCUT2D eigenvalue weighted by Crippen LogP contribution is -2.35. The molecule has 4 aromatic rings. The highest BCUT2D eigenvalue weighted by Gasteiger charge is 2.22. The first kappa shape index (κ1) is 29.4. The maximum atomic E-state index is 13.2. The Bertz CT molecular complexity index is 1460. The summed E-state index contributed by atoms with van der Waals surface area (Å²) in [7, 11) is -1.70. The lowest BCUT2D eigenvalue weighted by molar-refractivity contribution is 0.301. The minimum absolute atomic E-state index is 0. The Labute approximate surface area is 230 Å². The summed E-state index contributed by atoms with van der Waals surface area (Å²) in [5.41, 5.74) is 2.63. The normalized spacial score (nSPS) is 11.4. The van der Waals surface area contributed by atoms with Crippen molar-refractivity contribution in [3.63, 3.8) is 0 Å². The van der Waals surface area contributed by atoms with E-state index in [0.29, 0.717) is 26.1 Å². The third-order valence-electron chi connectivity index (χ3n) is 6.37. The zero-order chi connectivity index (χ0) is 26.1. The minimum atomic E-state index is -3.45. The van der Waals surface area contributed by atoms with Crippen LogP contribution in [0.15, 0.2) is 90.0 Å². The van der Waals surface area contributed by atoms with Gasteiger partial charge in [-0.25, -0.2) is 12.7 Å². The van der Waals surface area contributed by atoms with E-state index in [1.54, 1.807) is 40.4 Å². The van der Waals surface area contributed by atoms with Crippen LogP contribution in [0.3, 0.4) is 0 Å². The molecule has 0 unspecified atom stereocenters. The fourth-order valence-corrected chi connectivity index (χ4v) is 5.85. The van der Waals surface area contributed by atoms with Gasteiger partial charge in [0.25, 0.3) is 5.56 Å². The number of sulfonamides is 1. The SMILES string of the molecule is Cl.Cn1c(=O)ccc2cc(OCCCCCN(CCc3cccnc3)S(=O)(=O)Cc3ccccc3)ccc21. The van der Waals surface area contributed by atoms with Gasteiger partial charge in [-0.1, -0.05) is 36.4 Å². The third-order valence-corrected chi connectivity index (χ3v) is 8.23. The second kappa shape index (κ2) is 14.1. The van der Waals surface area contributed by atoms with E-state index in [1.807, 2.05) is 60.7 Å². The number of unbranched alkanes of at least 4 members (excludes halogenated alkanes) is 2. The highest BCUT2D eigenvalue weighted by molar-refractivity contribution is 7.88. The molecule has 0 fully saturated rings. The monoisotopic (exact) mass is 555 g/mol. The van der Waals surface area contributed by atoms with Crippen molar-refractivity contribution in [1.29, 1.82) is 0 Å². The average Bonchev–Trinajstić information content (AvgIpc) is 2.90. The molecule has 0 N–H and O–H groups in total. The Morgan fingerprint density at radius 3 is 2.45 bits per heavy atom. The summed E-state index contributed by atoms with van der Waals surface area (Å²) in [6.45, 7) is 1.44. The number of nitrogens with zero attached hydrogens (tertiary/aromatic N) is 3. The number of rotatable bonds is 13. The van der Waals surface area contributed by atoms with Crippen LogP contribution in [0.5, 0.6) is 5.75 Å². The van der Waals surface area contributed by atoms with Crippen LogP contribution < -0.4 is 10.3 Å². The summed E-state index contributed by atoms with van der Waals surface area (Å²) in [4.78, 5) is 15.9. The average molecular weight is 556 g/mol. The zero-order valence-corrected chi connectivity index (χ0v) is 23.2. The molecule has 202 valence electrons. The third kappa shape index (κ3) is 8.15. The zero-order valence-electron chi connectivity index (χ0n) is 21.5. The smallest absolute Gasteiger partial charge is 0.250 e. The number of hydrogen-bond acceptors (Lipinski definition) is 5. The number of hydrogen-bond donors (Lipinski definition) is 0. The first-order chi connectivity index (χ1) is 17.9. The second-order valence-corrected chi connectivity index (χ2v) is 11.1. The fourth-order valence-electron chi connectivity index (χ4n) is 4.28. The van der Waals surface area contributed by atoms with Gasteiger partial charge in [0.1, 0.15) is 5.75 Å². The summed E-state index contributed by atoms with van der Waals surface area (Å²) in [5, 5.41) is 0.951. The first-order valence-corrected chi connectivity index (χ1v) is 14.2. The van der Waals surface area contributed by atoms with Gasteiger partial charge in [0.05, 0.1) is 17.9 Å². The minimum Gasteiger partial charge on any atom is -0.494 e. The standard InChI is InChI=1S/C29H33N3O4S.ClH/c1-31-28-14-13-27(21-26(28)12-15-29(31)33)36-20-7-3-6-18-32(19-16-24-11-8-17-30-22-24)37(34,35)23-25-9-4-2-5-10-25;/h2,4-5,8-15,17,21-22H,3,6-7,16,18-20,23H2,1H3;1H. The van der Waals surface area contributed by atoms with Crippen LogP contribution in [0.4, 0.5) is 0 Å². The number of benzene rings is 2. The predicted octanol–water partition coefficient (Wildman–Crippen LogP) is 4.98. The van der Waals surface area contributed by atoms with Gasteiger partial charge in [-0.2, -0.15) is 0 Å². The summed E-state index contributed by atoms with van der Waals surface area (Å²) >= 11 is 0. The number of aryl methyl sites for hydroxylation is 1. The van der Waals surface area contributed by atoms with Crippen LogP contribution in [0, 0.1) is 0 Å². The van der Waals surface area contributed by atoms with Crippen molar-refractivity contribution in [2.75, 3.05) is 19.7 Å². The van der Waals surface area contributed by atoms with E-state index in [-0.39, 0.29) is 23.7 Å². The lowest BCUT2D eigenvalue weighted by atomic mass is 10.2. The molecule has 2 aromatic carbocycles. The van der Waals surface area contributed by atoms with E-state index in [1.165, 1.54) is 0 Å². The highest BCUT2D eigenvalue weighted by atomic mass is 35.5. The maximum Gasteiger partial charge on any atom is 0.250 e. The van der Waals surface area contributed by atoms with Crippen molar-refractivity contribution >= 4 is 33.3 Å².